The van der Waals surface area contributed by atoms with Crippen LogP contribution in [0.3, 0.4) is 0 Å². The molecule has 0 amide bonds. The van der Waals surface area contributed by atoms with Crippen LogP contribution in [0.1, 0.15) is 28.4 Å². The number of ketones is 1. The summed E-state index contributed by atoms with van der Waals surface area (Å²) in [6, 6.07) is 26.2. The van der Waals surface area contributed by atoms with E-state index in [2.05, 4.69) is 31.2 Å². The number of benzene rings is 3. The number of hydrogen-bond donors (Lipinski definition) is 0. The lowest BCUT2D eigenvalue weighted by molar-refractivity contribution is 0.104. The first kappa shape index (κ1) is 15.9. The van der Waals surface area contributed by atoms with Crippen LogP contribution in [-0.4, -0.2) is 5.78 Å². The fraction of sp³-hybridized carbons (Fsp3) is 0.0870. The second kappa shape index (κ2) is 7.56. The maximum Gasteiger partial charge on any atom is 0.185 e. The highest BCUT2D eigenvalue weighted by atomic mass is 16.1. The third-order valence-corrected chi connectivity index (χ3v) is 4.09. The standard InChI is InChI=1S/C23H20O/c1-2-18-8-10-19(11-9-18)12-17-23(24)22-15-13-21(14-16-22)20-6-4-3-5-7-20/h3-17H,2H2,1H3. The van der Waals surface area contributed by atoms with Crippen LogP contribution in [-0.2, 0) is 6.42 Å². The van der Waals surface area contributed by atoms with Crippen LogP contribution in [0.2, 0.25) is 0 Å². The first-order valence-electron chi connectivity index (χ1n) is 8.23. The van der Waals surface area contributed by atoms with Crippen LogP contribution in [0.25, 0.3) is 17.2 Å². The average Bonchev–Trinajstić information content (AvgIpc) is 2.67. The van der Waals surface area contributed by atoms with Crippen molar-refractivity contribution in [2.24, 2.45) is 0 Å². The molecule has 0 heterocycles. The number of allylic oxidation sites excluding steroid dienone is 1. The molecule has 0 bridgehead atoms. The molecule has 0 aliphatic carbocycles. The average molecular weight is 312 g/mol. The predicted octanol–water partition coefficient (Wildman–Crippen LogP) is 5.81. The molecule has 0 unspecified atom stereocenters. The fourth-order valence-electron chi connectivity index (χ4n) is 2.59. The summed E-state index contributed by atoms with van der Waals surface area (Å²) in [5.74, 6) is 0.0224. The summed E-state index contributed by atoms with van der Waals surface area (Å²) in [5.41, 5.74) is 5.32. The fourth-order valence-corrected chi connectivity index (χ4v) is 2.59. The Hall–Kier alpha value is -2.93. The van der Waals surface area contributed by atoms with Crippen LogP contribution in [0, 0.1) is 0 Å². The van der Waals surface area contributed by atoms with Crippen LogP contribution in [0.4, 0.5) is 0 Å². The molecular weight excluding hydrogens is 292 g/mol. The Morgan fingerprint density at radius 3 is 2.04 bits per heavy atom. The summed E-state index contributed by atoms with van der Waals surface area (Å²) in [5, 5.41) is 0. The lowest BCUT2D eigenvalue weighted by Crippen LogP contribution is -1.93. The van der Waals surface area contributed by atoms with E-state index < -0.39 is 0 Å². The van der Waals surface area contributed by atoms with Gasteiger partial charge in [-0.2, -0.15) is 0 Å². The molecule has 3 aromatic rings. The van der Waals surface area contributed by atoms with Gasteiger partial charge in [-0.15, -0.1) is 0 Å². The molecule has 0 aliphatic heterocycles. The molecule has 3 aromatic carbocycles. The zero-order valence-electron chi connectivity index (χ0n) is 13.8. The van der Waals surface area contributed by atoms with Crippen molar-refractivity contribution in [3.05, 3.63) is 102 Å². The van der Waals surface area contributed by atoms with E-state index >= 15 is 0 Å². The van der Waals surface area contributed by atoms with E-state index in [9.17, 15) is 4.79 Å². The maximum atomic E-state index is 12.3. The molecule has 1 nitrogen and oxygen atoms in total. The van der Waals surface area contributed by atoms with Gasteiger partial charge in [0.25, 0.3) is 0 Å². The Balaban J connectivity index is 1.71. The maximum absolute atomic E-state index is 12.3. The molecule has 0 atom stereocenters. The molecule has 0 saturated carbocycles. The normalized spacial score (nSPS) is 10.9. The van der Waals surface area contributed by atoms with E-state index in [1.165, 1.54) is 5.56 Å². The number of hydrogen-bond acceptors (Lipinski definition) is 1. The summed E-state index contributed by atoms with van der Waals surface area (Å²) in [6.07, 6.45) is 4.53. The summed E-state index contributed by atoms with van der Waals surface area (Å²) in [4.78, 5) is 12.3. The van der Waals surface area contributed by atoms with Gasteiger partial charge in [-0.25, -0.2) is 0 Å². The van der Waals surface area contributed by atoms with Gasteiger partial charge in [0.1, 0.15) is 0 Å². The van der Waals surface area contributed by atoms with Crippen molar-refractivity contribution in [1.29, 1.82) is 0 Å². The van der Waals surface area contributed by atoms with E-state index in [0.29, 0.717) is 5.56 Å². The number of carbonyl (C=O) groups excluding carboxylic acids is 1. The third-order valence-electron chi connectivity index (χ3n) is 4.09. The Morgan fingerprint density at radius 1 is 0.792 bits per heavy atom. The minimum atomic E-state index is 0.0224. The lowest BCUT2D eigenvalue weighted by atomic mass is 10.0. The molecule has 0 N–H and O–H groups in total. The Bertz CT molecular complexity index is 825. The van der Waals surface area contributed by atoms with Gasteiger partial charge in [-0.1, -0.05) is 91.9 Å². The summed E-state index contributed by atoms with van der Waals surface area (Å²) < 4.78 is 0. The summed E-state index contributed by atoms with van der Waals surface area (Å²) >= 11 is 0. The van der Waals surface area contributed by atoms with Crippen molar-refractivity contribution < 1.29 is 4.79 Å². The van der Waals surface area contributed by atoms with Crippen LogP contribution in [0.5, 0.6) is 0 Å². The number of carbonyl (C=O) groups is 1. The molecule has 0 spiro atoms. The zero-order chi connectivity index (χ0) is 16.8. The largest absolute Gasteiger partial charge is 0.289 e. The van der Waals surface area contributed by atoms with Gasteiger partial charge in [0.2, 0.25) is 0 Å². The molecule has 0 aliphatic rings. The van der Waals surface area contributed by atoms with Gasteiger partial charge < -0.3 is 0 Å². The number of rotatable bonds is 5. The second-order valence-electron chi connectivity index (χ2n) is 5.74. The monoisotopic (exact) mass is 312 g/mol. The summed E-state index contributed by atoms with van der Waals surface area (Å²) in [6.45, 7) is 2.13. The predicted molar refractivity (Wildman–Crippen MR) is 101 cm³/mol. The summed E-state index contributed by atoms with van der Waals surface area (Å²) in [7, 11) is 0. The molecule has 0 aromatic heterocycles. The zero-order valence-corrected chi connectivity index (χ0v) is 13.8. The van der Waals surface area contributed by atoms with Crippen LogP contribution >= 0.6 is 0 Å². The number of aryl methyl sites for hydroxylation is 1. The van der Waals surface area contributed by atoms with Crippen molar-refractivity contribution in [1.82, 2.24) is 0 Å². The highest BCUT2D eigenvalue weighted by molar-refractivity contribution is 6.07. The smallest absolute Gasteiger partial charge is 0.185 e. The minimum Gasteiger partial charge on any atom is -0.289 e. The van der Waals surface area contributed by atoms with Crippen molar-refractivity contribution in [3.8, 4) is 11.1 Å². The lowest BCUT2D eigenvalue weighted by Gasteiger charge is -2.02. The molecule has 0 saturated heterocycles. The molecule has 3 rings (SSSR count). The van der Waals surface area contributed by atoms with Crippen LogP contribution in [0.15, 0.2) is 84.9 Å². The van der Waals surface area contributed by atoms with Crippen molar-refractivity contribution in [3.63, 3.8) is 0 Å². The van der Waals surface area contributed by atoms with E-state index in [0.717, 1.165) is 23.1 Å². The van der Waals surface area contributed by atoms with Crippen molar-refractivity contribution in [2.45, 2.75) is 13.3 Å². The highest BCUT2D eigenvalue weighted by Gasteiger charge is 2.03. The Kier molecular flexibility index (Phi) is 5.02. The molecule has 1 heteroatoms. The molecular formula is C23H20O. The van der Waals surface area contributed by atoms with E-state index in [1.807, 2.05) is 60.7 Å². The van der Waals surface area contributed by atoms with E-state index in [1.54, 1.807) is 6.08 Å². The van der Waals surface area contributed by atoms with Gasteiger partial charge in [0, 0.05) is 5.56 Å². The van der Waals surface area contributed by atoms with Crippen LogP contribution < -0.4 is 0 Å². The SMILES string of the molecule is CCc1ccc(C=CC(=O)c2ccc(-c3ccccc3)cc2)cc1. The van der Waals surface area contributed by atoms with E-state index in [-0.39, 0.29) is 5.78 Å². The topological polar surface area (TPSA) is 17.1 Å². The van der Waals surface area contributed by atoms with E-state index in [4.69, 9.17) is 0 Å². The van der Waals surface area contributed by atoms with Gasteiger partial charge in [-0.05, 0) is 34.8 Å². The highest BCUT2D eigenvalue weighted by Crippen LogP contribution is 2.19. The molecule has 118 valence electrons. The quantitative estimate of drug-likeness (QED) is 0.429. The molecule has 24 heavy (non-hydrogen) atoms. The van der Waals surface area contributed by atoms with Gasteiger partial charge in [-0.3, -0.25) is 4.79 Å². The third kappa shape index (κ3) is 3.88. The van der Waals surface area contributed by atoms with Gasteiger partial charge in [0.15, 0.2) is 5.78 Å². The second-order valence-corrected chi connectivity index (χ2v) is 5.74. The van der Waals surface area contributed by atoms with Gasteiger partial charge in [0.05, 0.1) is 0 Å². The Morgan fingerprint density at radius 2 is 1.42 bits per heavy atom. The minimum absolute atomic E-state index is 0.0224. The van der Waals surface area contributed by atoms with Crippen molar-refractivity contribution in [2.75, 3.05) is 0 Å². The molecule has 0 fully saturated rings. The van der Waals surface area contributed by atoms with Gasteiger partial charge >= 0.3 is 0 Å². The van der Waals surface area contributed by atoms with Crippen molar-refractivity contribution >= 4 is 11.9 Å². The first-order valence-corrected chi connectivity index (χ1v) is 8.23. The molecule has 0 radical (unpaired) electrons. The first-order chi connectivity index (χ1) is 11.8. The Labute approximate surface area is 143 Å².